The number of nitrogens with zero attached hydrogens (tertiary/aromatic N) is 1. The third kappa shape index (κ3) is 5.16. The third-order valence-corrected chi connectivity index (χ3v) is 10.4. The van der Waals surface area contributed by atoms with E-state index in [4.69, 9.17) is 14.5 Å². The van der Waals surface area contributed by atoms with Gasteiger partial charge in [-0.2, -0.15) is 0 Å². The van der Waals surface area contributed by atoms with Crippen LogP contribution in [0.4, 0.5) is 5.13 Å². The molecule has 0 radical (unpaired) electrons. The molecular weight excluding hydrogens is 496 g/mol. The Hall–Kier alpha value is -2.07. The van der Waals surface area contributed by atoms with Crippen LogP contribution in [0.25, 0.3) is 5.57 Å². The van der Waals surface area contributed by atoms with Crippen molar-refractivity contribution in [1.82, 2.24) is 4.98 Å². The zero-order valence-corrected chi connectivity index (χ0v) is 22.7. The average Bonchev–Trinajstić information content (AvgIpc) is 3.25. The largest absolute Gasteiger partial charge is 0.347 e. The predicted molar refractivity (Wildman–Crippen MR) is 140 cm³/mol. The van der Waals surface area contributed by atoms with Crippen molar-refractivity contribution in [1.29, 1.82) is 0 Å². The highest BCUT2D eigenvalue weighted by molar-refractivity contribution is 7.92. The van der Waals surface area contributed by atoms with E-state index >= 15 is 0 Å². The van der Waals surface area contributed by atoms with Crippen molar-refractivity contribution in [2.24, 2.45) is 5.92 Å². The summed E-state index contributed by atoms with van der Waals surface area (Å²) in [5, 5.41) is 5.14. The van der Waals surface area contributed by atoms with Crippen LogP contribution in [-0.2, 0) is 29.7 Å². The smallest absolute Gasteiger partial charge is 0.257 e. The van der Waals surface area contributed by atoms with Crippen molar-refractivity contribution in [2.75, 3.05) is 11.9 Å². The van der Waals surface area contributed by atoms with Gasteiger partial charge < -0.3 is 9.47 Å². The van der Waals surface area contributed by atoms with Crippen molar-refractivity contribution in [3.63, 3.8) is 0 Å². The first-order chi connectivity index (χ1) is 17.1. The quantitative estimate of drug-likeness (QED) is 0.441. The van der Waals surface area contributed by atoms with E-state index in [-0.39, 0.29) is 11.2 Å². The molecule has 3 fully saturated rings. The third-order valence-electron chi connectivity index (χ3n) is 7.36. The van der Waals surface area contributed by atoms with Crippen LogP contribution in [0, 0.1) is 5.92 Å². The summed E-state index contributed by atoms with van der Waals surface area (Å²) in [4.78, 5) is 18.5. The summed E-state index contributed by atoms with van der Waals surface area (Å²) in [5.41, 5.74) is 1.40. The second-order valence-corrected chi connectivity index (χ2v) is 13.6. The maximum absolute atomic E-state index is 13.5. The molecule has 9 heteroatoms. The number of anilines is 1. The average molecular weight is 531 g/mol. The second-order valence-electron chi connectivity index (χ2n) is 10.5. The number of nitrogens with one attached hydrogen (secondary N) is 1. The van der Waals surface area contributed by atoms with Gasteiger partial charge in [-0.25, -0.2) is 13.4 Å². The lowest BCUT2D eigenvalue weighted by atomic mass is 9.98. The molecule has 36 heavy (non-hydrogen) atoms. The number of amides is 1. The molecule has 2 aliphatic carbocycles. The Morgan fingerprint density at radius 2 is 1.86 bits per heavy atom. The number of benzene rings is 1. The number of ether oxygens (including phenoxy) is 2. The van der Waals surface area contributed by atoms with Gasteiger partial charge in [0.25, 0.3) is 5.91 Å². The highest BCUT2D eigenvalue weighted by atomic mass is 32.2. The number of rotatable bonds is 8. The normalized spacial score (nSPS) is 24.8. The topological polar surface area (TPSA) is 94.6 Å². The monoisotopic (exact) mass is 530 g/mol. The maximum Gasteiger partial charge on any atom is 0.257 e. The molecule has 5 rings (SSSR count). The van der Waals surface area contributed by atoms with E-state index in [2.05, 4.69) is 5.32 Å². The van der Waals surface area contributed by atoms with E-state index in [1.807, 2.05) is 32.2 Å². The Morgan fingerprint density at radius 1 is 1.17 bits per heavy atom. The summed E-state index contributed by atoms with van der Waals surface area (Å²) < 4.78 is 37.2. The predicted octanol–water partition coefficient (Wildman–Crippen LogP) is 5.68. The zero-order valence-electron chi connectivity index (χ0n) is 21.1. The Labute approximate surface area is 217 Å². The van der Waals surface area contributed by atoms with Gasteiger partial charge in [0.05, 0.1) is 22.4 Å². The molecule has 1 aromatic heterocycles. The molecule has 2 saturated carbocycles. The number of sulfone groups is 1. The Kier molecular flexibility index (Phi) is 6.87. The zero-order chi connectivity index (χ0) is 25.6. The molecule has 1 saturated heterocycles. The molecule has 2 heterocycles. The SMILES string of the molecule is CCC1(c2csc(NC(=O)/C(=C/C3CCCC3)c3ccc(S(=O)(=O)C4CC4)cc3)n2)COC(C)(C)O1. The fraction of sp³-hybridized carbons (Fsp3) is 0.556. The Balaban J connectivity index is 1.38. The van der Waals surface area contributed by atoms with Gasteiger partial charge in [0.2, 0.25) is 0 Å². The van der Waals surface area contributed by atoms with Crippen LogP contribution >= 0.6 is 11.3 Å². The van der Waals surface area contributed by atoms with Gasteiger partial charge in [-0.1, -0.05) is 38.0 Å². The highest BCUT2D eigenvalue weighted by Gasteiger charge is 2.47. The lowest BCUT2D eigenvalue weighted by Gasteiger charge is -2.26. The van der Waals surface area contributed by atoms with E-state index in [1.54, 1.807) is 24.3 Å². The van der Waals surface area contributed by atoms with Gasteiger partial charge in [-0.3, -0.25) is 10.1 Å². The van der Waals surface area contributed by atoms with Crippen molar-refractivity contribution < 1.29 is 22.7 Å². The number of aromatic nitrogens is 1. The van der Waals surface area contributed by atoms with E-state index in [1.165, 1.54) is 11.3 Å². The van der Waals surface area contributed by atoms with Crippen molar-refractivity contribution >= 4 is 37.8 Å². The molecule has 1 unspecified atom stereocenters. The summed E-state index contributed by atoms with van der Waals surface area (Å²) in [7, 11) is -3.27. The summed E-state index contributed by atoms with van der Waals surface area (Å²) in [6.45, 7) is 6.23. The number of allylic oxidation sites excluding steroid dienone is 1. The van der Waals surface area contributed by atoms with Gasteiger partial charge in [-0.05, 0) is 69.6 Å². The standard InChI is InChI=1S/C27H34N2O5S2/c1-4-27(17-33-26(2,3)34-27)23-16-35-25(28-23)29-24(30)22(15-18-7-5-6-8-18)19-9-11-20(12-10-19)36(31,32)21-13-14-21/h9-12,15-16,18,21H,4-8,13-14,17H2,1-3H3,(H,28,29,30)/b22-15+. The number of carbonyl (C=O) groups is 1. The van der Waals surface area contributed by atoms with Crippen LogP contribution in [0.15, 0.2) is 40.6 Å². The van der Waals surface area contributed by atoms with Crippen molar-refractivity contribution in [2.45, 2.75) is 87.3 Å². The van der Waals surface area contributed by atoms with Gasteiger partial charge in [0, 0.05) is 11.0 Å². The van der Waals surface area contributed by atoms with E-state index < -0.39 is 21.2 Å². The molecule has 1 aromatic carbocycles. The van der Waals surface area contributed by atoms with Crippen LogP contribution in [0.1, 0.15) is 77.0 Å². The summed E-state index contributed by atoms with van der Waals surface area (Å²) >= 11 is 1.36. The summed E-state index contributed by atoms with van der Waals surface area (Å²) in [5.74, 6) is -0.587. The molecule has 3 aliphatic rings. The molecule has 1 aliphatic heterocycles. The maximum atomic E-state index is 13.5. The lowest BCUT2D eigenvalue weighted by molar-refractivity contribution is -0.165. The van der Waals surface area contributed by atoms with Crippen LogP contribution in [0.5, 0.6) is 0 Å². The number of carbonyl (C=O) groups excluding carboxylic acids is 1. The highest BCUT2D eigenvalue weighted by Crippen LogP contribution is 2.42. The summed E-state index contributed by atoms with van der Waals surface area (Å²) in [6.07, 6.45) is 8.62. The van der Waals surface area contributed by atoms with Crippen LogP contribution in [0.2, 0.25) is 0 Å². The van der Waals surface area contributed by atoms with Crippen LogP contribution < -0.4 is 5.32 Å². The molecule has 0 spiro atoms. The minimum Gasteiger partial charge on any atom is -0.347 e. The minimum atomic E-state index is -3.27. The first-order valence-corrected chi connectivity index (χ1v) is 15.2. The molecule has 1 amide bonds. The van der Waals surface area contributed by atoms with E-state index in [0.29, 0.717) is 40.1 Å². The van der Waals surface area contributed by atoms with Gasteiger partial charge in [0.15, 0.2) is 20.8 Å². The first kappa shape index (κ1) is 25.6. The fourth-order valence-corrected chi connectivity index (χ4v) is 7.51. The molecule has 1 N–H and O–H groups in total. The summed E-state index contributed by atoms with van der Waals surface area (Å²) in [6, 6.07) is 6.76. The van der Waals surface area contributed by atoms with Crippen molar-refractivity contribution in [3.8, 4) is 0 Å². The molecule has 1 atom stereocenters. The first-order valence-electron chi connectivity index (χ1n) is 12.8. The number of hydrogen-bond donors (Lipinski definition) is 1. The number of hydrogen-bond acceptors (Lipinski definition) is 7. The van der Waals surface area contributed by atoms with E-state index in [0.717, 1.165) is 44.2 Å². The van der Waals surface area contributed by atoms with Gasteiger partial charge >= 0.3 is 0 Å². The lowest BCUT2D eigenvalue weighted by Crippen LogP contribution is -2.31. The molecule has 2 aromatic rings. The Morgan fingerprint density at radius 3 is 2.44 bits per heavy atom. The van der Waals surface area contributed by atoms with Gasteiger partial charge in [0.1, 0.15) is 5.60 Å². The van der Waals surface area contributed by atoms with Crippen molar-refractivity contribution in [3.05, 3.63) is 47.0 Å². The molecular formula is C27H34N2O5S2. The molecule has 7 nitrogen and oxygen atoms in total. The van der Waals surface area contributed by atoms with Crippen LogP contribution in [-0.4, -0.2) is 37.0 Å². The fourth-order valence-electron chi connectivity index (χ4n) is 5.06. The second kappa shape index (κ2) is 9.67. The molecule has 0 bridgehead atoms. The van der Waals surface area contributed by atoms with Crippen LogP contribution in [0.3, 0.4) is 0 Å². The minimum absolute atomic E-state index is 0.241. The van der Waals surface area contributed by atoms with E-state index in [9.17, 15) is 13.2 Å². The Bertz CT molecular complexity index is 1260. The molecule has 194 valence electrons. The number of thiazole rings is 1. The van der Waals surface area contributed by atoms with Gasteiger partial charge in [-0.15, -0.1) is 11.3 Å².